The second-order valence-corrected chi connectivity index (χ2v) is 5.06. The Balaban J connectivity index is 2.07. The van der Waals surface area contributed by atoms with Crippen molar-refractivity contribution >= 4 is 40.3 Å². The Morgan fingerprint density at radius 1 is 1.35 bits per heavy atom. The van der Waals surface area contributed by atoms with Gasteiger partial charge in [0.15, 0.2) is 4.77 Å². The summed E-state index contributed by atoms with van der Waals surface area (Å²) in [6, 6.07) is 7.36. The molecule has 1 amide bonds. The lowest BCUT2D eigenvalue weighted by Crippen LogP contribution is -2.26. The van der Waals surface area contributed by atoms with Crippen LogP contribution in [0, 0.1) is 4.77 Å². The van der Waals surface area contributed by atoms with Gasteiger partial charge in [0.25, 0.3) is 11.5 Å². The Kier molecular flexibility index (Phi) is 4.59. The number of rotatable bonds is 3. The van der Waals surface area contributed by atoms with Gasteiger partial charge in [0, 0.05) is 10.7 Å². The van der Waals surface area contributed by atoms with Crippen LogP contribution in [0.2, 0.25) is 0 Å². The van der Waals surface area contributed by atoms with E-state index in [1.165, 1.54) is 12.4 Å². The van der Waals surface area contributed by atoms with Gasteiger partial charge in [-0.05, 0) is 29.9 Å². The highest BCUT2D eigenvalue weighted by atomic mass is 79.9. The summed E-state index contributed by atoms with van der Waals surface area (Å²) >= 11 is 8.05. The van der Waals surface area contributed by atoms with Crippen LogP contribution in [0.4, 0.5) is 0 Å². The molecule has 0 bridgehead atoms. The zero-order valence-corrected chi connectivity index (χ0v) is 12.4. The molecule has 0 spiro atoms. The molecule has 0 atom stereocenters. The lowest BCUT2D eigenvalue weighted by atomic mass is 10.2. The molecule has 1 aromatic carbocycles. The third kappa shape index (κ3) is 3.72. The van der Waals surface area contributed by atoms with Gasteiger partial charge in [0.05, 0.1) is 6.21 Å². The molecule has 0 radical (unpaired) electrons. The van der Waals surface area contributed by atoms with Gasteiger partial charge in [-0.15, -0.1) is 0 Å². The SMILES string of the molecule is O=C(NN=Cc1ccc(Br)cc1)c1c[nH]c(=S)[nH]c1=O. The summed E-state index contributed by atoms with van der Waals surface area (Å²) in [4.78, 5) is 28.1. The van der Waals surface area contributed by atoms with E-state index in [2.05, 4.69) is 36.4 Å². The minimum absolute atomic E-state index is 0.0912. The quantitative estimate of drug-likeness (QED) is 0.448. The van der Waals surface area contributed by atoms with Crippen LogP contribution in [-0.4, -0.2) is 22.1 Å². The maximum atomic E-state index is 11.7. The van der Waals surface area contributed by atoms with Crippen molar-refractivity contribution in [2.24, 2.45) is 5.10 Å². The number of carbonyl (C=O) groups excluding carboxylic acids is 1. The van der Waals surface area contributed by atoms with Crippen molar-refractivity contribution in [2.45, 2.75) is 0 Å². The molecule has 6 nitrogen and oxygen atoms in total. The second-order valence-electron chi connectivity index (χ2n) is 3.74. The van der Waals surface area contributed by atoms with Crippen molar-refractivity contribution in [3.63, 3.8) is 0 Å². The largest absolute Gasteiger partial charge is 0.338 e. The van der Waals surface area contributed by atoms with Crippen molar-refractivity contribution < 1.29 is 4.79 Å². The van der Waals surface area contributed by atoms with Crippen LogP contribution >= 0.6 is 28.1 Å². The van der Waals surface area contributed by atoms with Crippen LogP contribution in [0.25, 0.3) is 0 Å². The monoisotopic (exact) mass is 352 g/mol. The first-order valence-corrected chi connectivity index (χ1v) is 6.67. The molecule has 0 saturated heterocycles. The Morgan fingerprint density at radius 3 is 2.70 bits per heavy atom. The number of amides is 1. The smallest absolute Gasteiger partial charge is 0.278 e. The number of aromatic amines is 2. The number of aromatic nitrogens is 2. The van der Waals surface area contributed by atoms with Gasteiger partial charge >= 0.3 is 0 Å². The number of H-pyrrole nitrogens is 2. The van der Waals surface area contributed by atoms with Crippen molar-refractivity contribution in [2.75, 3.05) is 0 Å². The van der Waals surface area contributed by atoms with Crippen molar-refractivity contribution in [3.05, 3.63) is 61.2 Å². The summed E-state index contributed by atoms with van der Waals surface area (Å²) < 4.78 is 1.11. The predicted octanol–water partition coefficient (Wildman–Crippen LogP) is 1.96. The highest BCUT2D eigenvalue weighted by Crippen LogP contribution is 2.08. The Labute approximate surface area is 127 Å². The normalized spacial score (nSPS) is 10.7. The lowest BCUT2D eigenvalue weighted by molar-refractivity contribution is 0.0953. The number of halogens is 1. The van der Waals surface area contributed by atoms with E-state index in [1.807, 2.05) is 24.3 Å². The zero-order chi connectivity index (χ0) is 14.5. The molecule has 0 aliphatic carbocycles. The average Bonchev–Trinajstić information content (AvgIpc) is 2.41. The number of nitrogens with one attached hydrogen (secondary N) is 3. The molecule has 102 valence electrons. The molecular weight excluding hydrogens is 344 g/mol. The fraction of sp³-hybridized carbons (Fsp3) is 0. The van der Waals surface area contributed by atoms with Crippen LogP contribution in [0.5, 0.6) is 0 Å². The first-order valence-electron chi connectivity index (χ1n) is 5.47. The third-order valence-corrected chi connectivity index (χ3v) is 3.06. The Morgan fingerprint density at radius 2 is 2.05 bits per heavy atom. The van der Waals surface area contributed by atoms with E-state index in [1.54, 1.807) is 0 Å². The summed E-state index contributed by atoms with van der Waals surface area (Å²) in [5.41, 5.74) is 2.43. The molecule has 2 aromatic rings. The standard InChI is InChI=1S/C12H9BrN4O2S/c13-8-3-1-7(2-4-8)5-15-17-11(19)9-6-14-12(20)16-10(9)18/h1-6H,(H,17,19)(H2,14,16,18,20). The molecule has 20 heavy (non-hydrogen) atoms. The number of hydrazone groups is 1. The van der Waals surface area contributed by atoms with Gasteiger partial charge < -0.3 is 4.98 Å². The molecule has 0 unspecified atom stereocenters. The summed E-state index contributed by atoms with van der Waals surface area (Å²) in [5.74, 6) is -0.620. The maximum absolute atomic E-state index is 11.7. The number of nitrogens with zero attached hydrogens (tertiary/aromatic N) is 1. The zero-order valence-electron chi connectivity index (χ0n) is 10.0. The van der Waals surface area contributed by atoms with Crippen LogP contribution < -0.4 is 11.0 Å². The summed E-state index contributed by atoms with van der Waals surface area (Å²) in [5, 5.41) is 3.78. The molecule has 0 aliphatic rings. The van der Waals surface area contributed by atoms with E-state index in [9.17, 15) is 9.59 Å². The third-order valence-electron chi connectivity index (χ3n) is 2.31. The fourth-order valence-electron chi connectivity index (χ4n) is 1.35. The Bertz CT molecular complexity index is 764. The molecule has 3 N–H and O–H groups in total. The predicted molar refractivity (Wildman–Crippen MR) is 81.4 cm³/mol. The fourth-order valence-corrected chi connectivity index (χ4v) is 1.77. The highest BCUT2D eigenvalue weighted by molar-refractivity contribution is 9.10. The average molecular weight is 353 g/mol. The van der Waals surface area contributed by atoms with Crippen LogP contribution in [0.3, 0.4) is 0 Å². The van der Waals surface area contributed by atoms with E-state index in [0.29, 0.717) is 0 Å². The van der Waals surface area contributed by atoms with Gasteiger partial charge in [0.1, 0.15) is 5.56 Å². The molecule has 0 saturated carbocycles. The molecular formula is C12H9BrN4O2S. The summed E-state index contributed by atoms with van der Waals surface area (Å²) in [6.07, 6.45) is 2.72. The highest BCUT2D eigenvalue weighted by Gasteiger charge is 2.08. The van der Waals surface area contributed by atoms with Gasteiger partial charge in [-0.2, -0.15) is 5.10 Å². The molecule has 0 aliphatic heterocycles. The molecule has 2 rings (SSSR count). The van der Waals surface area contributed by atoms with Crippen LogP contribution in [-0.2, 0) is 0 Å². The lowest BCUT2D eigenvalue weighted by Gasteiger charge is -1.98. The molecule has 8 heteroatoms. The molecule has 0 fully saturated rings. The van der Waals surface area contributed by atoms with E-state index in [0.717, 1.165) is 10.0 Å². The summed E-state index contributed by atoms with van der Waals surface area (Å²) in [7, 11) is 0. The van der Waals surface area contributed by atoms with Crippen LogP contribution in [0.1, 0.15) is 15.9 Å². The van der Waals surface area contributed by atoms with Gasteiger partial charge in [-0.3, -0.25) is 14.6 Å². The minimum atomic E-state index is -0.620. The van der Waals surface area contributed by atoms with E-state index >= 15 is 0 Å². The number of hydrogen-bond donors (Lipinski definition) is 3. The van der Waals surface area contributed by atoms with Crippen molar-refractivity contribution in [3.8, 4) is 0 Å². The van der Waals surface area contributed by atoms with E-state index in [-0.39, 0.29) is 10.3 Å². The van der Waals surface area contributed by atoms with Crippen LogP contribution in [0.15, 0.2) is 44.8 Å². The molecule has 1 aromatic heterocycles. The van der Waals surface area contributed by atoms with Gasteiger partial charge in [-0.25, -0.2) is 5.43 Å². The second kappa shape index (κ2) is 6.40. The number of benzene rings is 1. The van der Waals surface area contributed by atoms with Gasteiger partial charge in [0.2, 0.25) is 0 Å². The number of hydrogen-bond acceptors (Lipinski definition) is 4. The topological polar surface area (TPSA) is 90.1 Å². The first-order chi connectivity index (χ1) is 9.56. The van der Waals surface area contributed by atoms with E-state index in [4.69, 9.17) is 12.2 Å². The number of carbonyl (C=O) groups is 1. The minimum Gasteiger partial charge on any atom is -0.338 e. The van der Waals surface area contributed by atoms with Crippen molar-refractivity contribution in [1.29, 1.82) is 0 Å². The van der Waals surface area contributed by atoms with Gasteiger partial charge in [-0.1, -0.05) is 28.1 Å². The van der Waals surface area contributed by atoms with E-state index < -0.39 is 11.5 Å². The summed E-state index contributed by atoms with van der Waals surface area (Å²) in [6.45, 7) is 0. The van der Waals surface area contributed by atoms with Crippen molar-refractivity contribution in [1.82, 2.24) is 15.4 Å². The first kappa shape index (κ1) is 14.4. The Hall–Kier alpha value is -2.06. The maximum Gasteiger partial charge on any atom is 0.278 e. The molecule has 1 heterocycles.